The van der Waals surface area contributed by atoms with Crippen LogP contribution in [0.2, 0.25) is 5.02 Å². The van der Waals surface area contributed by atoms with E-state index in [-0.39, 0.29) is 11.3 Å². The van der Waals surface area contributed by atoms with Gasteiger partial charge in [0.25, 0.3) is 6.29 Å². The number of rotatable bonds is 4. The lowest BCUT2D eigenvalue weighted by Crippen LogP contribution is -2.41. The first-order valence-corrected chi connectivity index (χ1v) is 8.34. The minimum Gasteiger partial charge on any atom is -0.475 e. The molecular weight excluding hydrogens is 387 g/mol. The molecule has 0 spiro atoms. The molecule has 0 bridgehead atoms. The summed E-state index contributed by atoms with van der Waals surface area (Å²) in [5.74, 6) is -1.25. The SMILES string of the molecule is C=NOC(C)OC(=O)C1=Cc2cc(Cl)c(C(C)(C)C)cc2O[C@@H]1C(F)(F)F. The molecule has 0 amide bonds. The lowest BCUT2D eigenvalue weighted by Gasteiger charge is -2.30. The molecule has 148 valence electrons. The second-order valence-corrected chi connectivity index (χ2v) is 7.37. The number of hydrogen-bond donors (Lipinski definition) is 0. The van der Waals surface area contributed by atoms with Gasteiger partial charge in [-0.3, -0.25) is 0 Å². The number of hydrogen-bond acceptors (Lipinski definition) is 5. The van der Waals surface area contributed by atoms with Gasteiger partial charge in [0.2, 0.25) is 6.10 Å². The Hall–Kier alpha value is -2.22. The third-order valence-corrected chi connectivity index (χ3v) is 4.09. The fourth-order valence-electron chi connectivity index (χ4n) is 2.55. The maximum absolute atomic E-state index is 13.5. The Morgan fingerprint density at radius 1 is 1.33 bits per heavy atom. The Bertz CT molecular complexity index is 784. The molecule has 2 atom stereocenters. The van der Waals surface area contributed by atoms with Gasteiger partial charge >= 0.3 is 12.1 Å². The highest BCUT2D eigenvalue weighted by molar-refractivity contribution is 6.31. The van der Waals surface area contributed by atoms with Crippen LogP contribution in [-0.4, -0.2) is 31.3 Å². The molecule has 0 N–H and O–H groups in total. The average Bonchev–Trinajstić information content (AvgIpc) is 2.51. The third-order valence-electron chi connectivity index (χ3n) is 3.77. The van der Waals surface area contributed by atoms with E-state index in [4.69, 9.17) is 21.1 Å². The van der Waals surface area contributed by atoms with Crippen LogP contribution in [0.5, 0.6) is 5.75 Å². The smallest absolute Gasteiger partial charge is 0.430 e. The first-order chi connectivity index (χ1) is 12.3. The normalized spacial score (nSPS) is 17.9. The zero-order valence-electron chi connectivity index (χ0n) is 15.2. The first kappa shape index (κ1) is 21.1. The fourth-order valence-corrected chi connectivity index (χ4v) is 3.00. The van der Waals surface area contributed by atoms with Crippen LogP contribution < -0.4 is 4.74 Å². The van der Waals surface area contributed by atoms with E-state index < -0.39 is 35.5 Å². The molecule has 2 rings (SSSR count). The highest BCUT2D eigenvalue weighted by Gasteiger charge is 2.49. The molecular formula is C18H19ClF3NO4. The summed E-state index contributed by atoms with van der Waals surface area (Å²) in [6.45, 7) is 9.96. The molecule has 0 saturated heterocycles. The summed E-state index contributed by atoms with van der Waals surface area (Å²) in [6.07, 6.45) is -7.45. The van der Waals surface area contributed by atoms with Crippen LogP contribution in [0, 0.1) is 0 Å². The summed E-state index contributed by atoms with van der Waals surface area (Å²) in [6, 6.07) is 2.92. The van der Waals surface area contributed by atoms with Crippen molar-refractivity contribution in [3.05, 3.63) is 33.9 Å². The largest absolute Gasteiger partial charge is 0.475 e. The first-order valence-electron chi connectivity index (χ1n) is 7.96. The second kappa shape index (κ2) is 7.42. The predicted octanol–water partition coefficient (Wildman–Crippen LogP) is 4.87. The van der Waals surface area contributed by atoms with Gasteiger partial charge in [0, 0.05) is 24.2 Å². The number of alkyl halides is 3. The van der Waals surface area contributed by atoms with Crippen molar-refractivity contribution in [2.45, 2.75) is 51.7 Å². The quantitative estimate of drug-likeness (QED) is 0.310. The summed E-state index contributed by atoms with van der Waals surface area (Å²) in [7, 11) is 0. The molecule has 0 fully saturated rings. The summed E-state index contributed by atoms with van der Waals surface area (Å²) >= 11 is 6.26. The van der Waals surface area contributed by atoms with Crippen LogP contribution in [0.25, 0.3) is 6.08 Å². The van der Waals surface area contributed by atoms with Gasteiger partial charge in [0.05, 0.1) is 5.57 Å². The Morgan fingerprint density at radius 3 is 2.48 bits per heavy atom. The van der Waals surface area contributed by atoms with Gasteiger partial charge in [0.1, 0.15) is 5.75 Å². The Balaban J connectivity index is 2.50. The number of ether oxygens (including phenoxy) is 2. The molecule has 1 aromatic rings. The van der Waals surface area contributed by atoms with Gasteiger partial charge in [-0.05, 0) is 29.2 Å². The molecule has 9 heteroatoms. The van der Waals surface area contributed by atoms with Crippen LogP contribution in [0.4, 0.5) is 13.2 Å². The van der Waals surface area contributed by atoms with E-state index in [1.807, 2.05) is 20.8 Å². The fraction of sp³-hybridized carbons (Fsp3) is 0.444. The van der Waals surface area contributed by atoms with Crippen molar-refractivity contribution in [3.8, 4) is 5.75 Å². The highest BCUT2D eigenvalue weighted by Crippen LogP contribution is 2.42. The van der Waals surface area contributed by atoms with Gasteiger partial charge in [-0.15, -0.1) is 0 Å². The molecule has 0 saturated carbocycles. The molecule has 1 aliphatic rings. The van der Waals surface area contributed by atoms with E-state index in [2.05, 4.69) is 16.7 Å². The van der Waals surface area contributed by atoms with Gasteiger partial charge in [-0.2, -0.15) is 13.2 Å². The maximum Gasteiger partial charge on any atom is 0.430 e. The molecule has 0 aromatic heterocycles. The molecule has 5 nitrogen and oxygen atoms in total. The number of halogens is 4. The number of fused-ring (bicyclic) bond motifs is 1. The van der Waals surface area contributed by atoms with Crippen LogP contribution in [0.15, 0.2) is 22.9 Å². The van der Waals surface area contributed by atoms with E-state index >= 15 is 0 Å². The number of carbonyl (C=O) groups is 1. The minimum atomic E-state index is -4.83. The predicted molar refractivity (Wildman–Crippen MR) is 94.8 cm³/mol. The monoisotopic (exact) mass is 405 g/mol. The van der Waals surface area contributed by atoms with Crippen LogP contribution >= 0.6 is 11.6 Å². The zero-order chi connectivity index (χ0) is 20.6. The van der Waals surface area contributed by atoms with Crippen molar-refractivity contribution in [1.29, 1.82) is 0 Å². The van der Waals surface area contributed by atoms with Gasteiger partial charge in [-0.1, -0.05) is 37.5 Å². The summed E-state index contributed by atoms with van der Waals surface area (Å²) in [5, 5.41) is 3.42. The van der Waals surface area contributed by atoms with Crippen molar-refractivity contribution in [1.82, 2.24) is 0 Å². The number of benzene rings is 1. The third kappa shape index (κ3) is 4.74. The van der Waals surface area contributed by atoms with Crippen LogP contribution in [-0.2, 0) is 19.8 Å². The van der Waals surface area contributed by atoms with E-state index in [1.165, 1.54) is 19.1 Å². The Kier molecular flexibility index (Phi) is 5.79. The average molecular weight is 406 g/mol. The standard InChI is InChI=1S/C18H19ClF3NO4/c1-9(27-23-5)25-16(24)11-6-10-7-13(19)12(17(2,3)4)8-14(10)26-15(11)18(20,21)22/h6-9,15H,5H2,1-4H3/t9?,15-/m0/s1. The highest BCUT2D eigenvalue weighted by atomic mass is 35.5. The molecule has 27 heavy (non-hydrogen) atoms. The van der Waals surface area contributed by atoms with Crippen molar-refractivity contribution in [2.75, 3.05) is 0 Å². The lowest BCUT2D eigenvalue weighted by molar-refractivity contribution is -0.194. The number of carbonyl (C=O) groups excluding carboxylic acids is 1. The lowest BCUT2D eigenvalue weighted by atomic mass is 9.85. The number of oxime groups is 1. The van der Waals surface area contributed by atoms with Crippen molar-refractivity contribution >= 4 is 30.4 Å². The molecule has 1 heterocycles. The van der Waals surface area contributed by atoms with Crippen molar-refractivity contribution < 1.29 is 32.3 Å². The summed E-state index contributed by atoms with van der Waals surface area (Å²) in [4.78, 5) is 16.8. The van der Waals surface area contributed by atoms with E-state index in [1.54, 1.807) is 0 Å². The van der Waals surface area contributed by atoms with Crippen LogP contribution in [0.3, 0.4) is 0 Å². The Labute approximate surface area is 159 Å². The summed E-state index contributed by atoms with van der Waals surface area (Å²) < 4.78 is 50.4. The number of nitrogens with zero attached hydrogens (tertiary/aromatic N) is 1. The van der Waals surface area contributed by atoms with Crippen LogP contribution in [0.1, 0.15) is 38.8 Å². The van der Waals surface area contributed by atoms with Crippen molar-refractivity contribution in [3.63, 3.8) is 0 Å². The van der Waals surface area contributed by atoms with E-state index in [0.29, 0.717) is 10.6 Å². The maximum atomic E-state index is 13.5. The second-order valence-electron chi connectivity index (χ2n) is 6.97. The van der Waals surface area contributed by atoms with E-state index in [0.717, 1.165) is 6.08 Å². The van der Waals surface area contributed by atoms with E-state index in [9.17, 15) is 18.0 Å². The van der Waals surface area contributed by atoms with Gasteiger partial charge in [0.15, 0.2) is 0 Å². The van der Waals surface area contributed by atoms with Gasteiger partial charge < -0.3 is 14.3 Å². The van der Waals surface area contributed by atoms with Crippen molar-refractivity contribution in [2.24, 2.45) is 5.16 Å². The number of esters is 1. The molecule has 1 unspecified atom stereocenters. The zero-order valence-corrected chi connectivity index (χ0v) is 15.9. The summed E-state index contributed by atoms with van der Waals surface area (Å²) in [5.41, 5.74) is -0.247. The Morgan fingerprint density at radius 2 is 1.96 bits per heavy atom. The molecule has 0 aliphatic carbocycles. The minimum absolute atomic E-state index is 0.0137. The molecule has 0 radical (unpaired) electrons. The molecule has 1 aliphatic heterocycles. The molecule has 1 aromatic carbocycles. The topological polar surface area (TPSA) is 57.1 Å². The van der Waals surface area contributed by atoms with Gasteiger partial charge in [-0.25, -0.2) is 4.79 Å².